The molecule has 0 saturated carbocycles. The lowest BCUT2D eigenvalue weighted by Gasteiger charge is -2.11. The summed E-state index contributed by atoms with van der Waals surface area (Å²) >= 11 is 0. The van der Waals surface area contributed by atoms with Gasteiger partial charge in [0, 0.05) is 6.54 Å². The molecule has 0 unspecified atom stereocenters. The fourth-order valence-electron chi connectivity index (χ4n) is 2.14. The van der Waals surface area contributed by atoms with Crippen molar-refractivity contribution in [2.75, 3.05) is 14.2 Å². The molecule has 1 aromatic heterocycles. The molecule has 0 saturated heterocycles. The van der Waals surface area contributed by atoms with Crippen molar-refractivity contribution in [3.63, 3.8) is 0 Å². The smallest absolute Gasteiger partial charge is 0.221 e. The minimum atomic E-state index is 0.404. The van der Waals surface area contributed by atoms with E-state index in [1.54, 1.807) is 18.9 Å². The topological polar surface area (TPSA) is 62.3 Å². The highest BCUT2D eigenvalue weighted by Crippen LogP contribution is 2.30. The Kier molecular flexibility index (Phi) is 4.06. The Hall–Kier alpha value is -2.01. The number of ether oxygens (including phenoxy) is 2. The van der Waals surface area contributed by atoms with Crippen molar-refractivity contribution in [3.05, 3.63) is 35.5 Å². The van der Waals surface area contributed by atoms with Crippen LogP contribution in [0.5, 0.6) is 11.6 Å². The SMILES string of the molecule is CCc1nn(-c2ccccc2OC)c(OC)c1CN. The number of hydrogen-bond donors (Lipinski definition) is 1. The van der Waals surface area contributed by atoms with Crippen LogP contribution in [0.4, 0.5) is 0 Å². The molecule has 0 amide bonds. The minimum absolute atomic E-state index is 0.404. The number of aryl methyl sites for hydroxylation is 1. The predicted molar refractivity (Wildman–Crippen MR) is 73.9 cm³/mol. The van der Waals surface area contributed by atoms with Crippen LogP contribution < -0.4 is 15.2 Å². The third-order valence-corrected chi connectivity index (χ3v) is 3.07. The van der Waals surface area contributed by atoms with Gasteiger partial charge in [-0.3, -0.25) is 0 Å². The molecule has 0 aliphatic heterocycles. The maximum atomic E-state index is 5.80. The van der Waals surface area contributed by atoms with Crippen LogP contribution in [0.2, 0.25) is 0 Å². The molecule has 19 heavy (non-hydrogen) atoms. The average Bonchev–Trinajstić information content (AvgIpc) is 2.84. The van der Waals surface area contributed by atoms with Crippen LogP contribution in [0.3, 0.4) is 0 Å². The van der Waals surface area contributed by atoms with Crippen LogP contribution in [0, 0.1) is 0 Å². The number of benzene rings is 1. The van der Waals surface area contributed by atoms with Gasteiger partial charge in [-0.1, -0.05) is 19.1 Å². The lowest BCUT2D eigenvalue weighted by Crippen LogP contribution is -2.04. The molecule has 0 bridgehead atoms. The standard InChI is InChI=1S/C14H19N3O2/c1-4-11-10(9-15)14(19-3)17(16-11)12-7-5-6-8-13(12)18-2/h5-8H,4,9,15H2,1-3H3. The van der Waals surface area contributed by atoms with Crippen LogP contribution in [-0.4, -0.2) is 24.0 Å². The molecule has 2 rings (SSSR count). The lowest BCUT2D eigenvalue weighted by atomic mass is 10.2. The van der Waals surface area contributed by atoms with Crippen molar-refractivity contribution >= 4 is 0 Å². The summed E-state index contributed by atoms with van der Waals surface area (Å²) in [7, 11) is 3.26. The maximum Gasteiger partial charge on any atom is 0.221 e. The molecule has 0 fully saturated rings. The van der Waals surface area contributed by atoms with Gasteiger partial charge < -0.3 is 15.2 Å². The van der Waals surface area contributed by atoms with Crippen molar-refractivity contribution in [2.24, 2.45) is 5.73 Å². The molecule has 2 aromatic rings. The Morgan fingerprint density at radius 3 is 2.53 bits per heavy atom. The monoisotopic (exact) mass is 261 g/mol. The van der Waals surface area contributed by atoms with E-state index in [9.17, 15) is 0 Å². The van der Waals surface area contributed by atoms with E-state index in [2.05, 4.69) is 5.10 Å². The van der Waals surface area contributed by atoms with E-state index in [0.717, 1.165) is 29.1 Å². The molecule has 5 nitrogen and oxygen atoms in total. The first-order valence-corrected chi connectivity index (χ1v) is 6.25. The highest BCUT2D eigenvalue weighted by molar-refractivity contribution is 5.50. The first kappa shape index (κ1) is 13.4. The second-order valence-electron chi connectivity index (χ2n) is 4.08. The van der Waals surface area contributed by atoms with Crippen LogP contribution in [0.15, 0.2) is 24.3 Å². The summed E-state index contributed by atoms with van der Waals surface area (Å²) in [6, 6.07) is 7.69. The molecule has 1 aromatic carbocycles. The van der Waals surface area contributed by atoms with E-state index < -0.39 is 0 Å². The first-order valence-electron chi connectivity index (χ1n) is 6.25. The highest BCUT2D eigenvalue weighted by Gasteiger charge is 2.19. The zero-order valence-corrected chi connectivity index (χ0v) is 11.5. The number of rotatable bonds is 5. The van der Waals surface area contributed by atoms with Crippen LogP contribution in [0.1, 0.15) is 18.2 Å². The van der Waals surface area contributed by atoms with Crippen molar-refractivity contribution in [1.82, 2.24) is 9.78 Å². The van der Waals surface area contributed by atoms with Gasteiger partial charge in [-0.25, -0.2) is 0 Å². The van der Waals surface area contributed by atoms with Crippen LogP contribution >= 0.6 is 0 Å². The molecule has 0 radical (unpaired) electrons. The highest BCUT2D eigenvalue weighted by atomic mass is 16.5. The minimum Gasteiger partial charge on any atom is -0.494 e. The number of nitrogens with two attached hydrogens (primary N) is 1. The Morgan fingerprint density at radius 2 is 1.95 bits per heavy atom. The quantitative estimate of drug-likeness (QED) is 0.893. The molecular weight excluding hydrogens is 242 g/mol. The van der Waals surface area contributed by atoms with E-state index >= 15 is 0 Å². The van der Waals surface area contributed by atoms with Gasteiger partial charge in [0.15, 0.2) is 0 Å². The van der Waals surface area contributed by atoms with Gasteiger partial charge in [0.05, 0.1) is 25.5 Å². The number of methoxy groups -OCH3 is 2. The Labute approximate surface area is 112 Å². The molecule has 102 valence electrons. The second kappa shape index (κ2) is 5.75. The molecule has 2 N–H and O–H groups in total. The van der Waals surface area contributed by atoms with Crippen LogP contribution in [0.25, 0.3) is 5.69 Å². The second-order valence-corrected chi connectivity index (χ2v) is 4.08. The summed E-state index contributed by atoms with van der Waals surface area (Å²) in [5, 5.41) is 4.58. The molecular formula is C14H19N3O2. The molecule has 5 heteroatoms. The average molecular weight is 261 g/mol. The fourth-order valence-corrected chi connectivity index (χ4v) is 2.14. The van der Waals surface area contributed by atoms with E-state index in [1.165, 1.54) is 0 Å². The molecule has 0 aliphatic carbocycles. The molecule has 0 aliphatic rings. The first-order chi connectivity index (χ1) is 9.26. The van der Waals surface area contributed by atoms with Gasteiger partial charge in [0.2, 0.25) is 5.88 Å². The van der Waals surface area contributed by atoms with Crippen molar-refractivity contribution in [1.29, 1.82) is 0 Å². The van der Waals surface area contributed by atoms with E-state index in [0.29, 0.717) is 12.4 Å². The number of nitrogens with zero attached hydrogens (tertiary/aromatic N) is 2. The summed E-state index contributed by atoms with van der Waals surface area (Å²) in [5.41, 5.74) is 8.53. The van der Waals surface area contributed by atoms with E-state index in [-0.39, 0.29) is 0 Å². The number of hydrogen-bond acceptors (Lipinski definition) is 4. The Bertz CT molecular complexity index is 564. The van der Waals surface area contributed by atoms with Crippen LogP contribution in [-0.2, 0) is 13.0 Å². The summed E-state index contributed by atoms with van der Waals surface area (Å²) in [6.45, 7) is 2.45. The zero-order chi connectivity index (χ0) is 13.8. The summed E-state index contributed by atoms with van der Waals surface area (Å²) in [6.07, 6.45) is 0.811. The third-order valence-electron chi connectivity index (χ3n) is 3.07. The van der Waals surface area contributed by atoms with Crippen molar-refractivity contribution in [2.45, 2.75) is 19.9 Å². The van der Waals surface area contributed by atoms with Gasteiger partial charge in [0.1, 0.15) is 11.4 Å². The molecule has 0 spiro atoms. The largest absolute Gasteiger partial charge is 0.494 e. The summed E-state index contributed by atoms with van der Waals surface area (Å²) in [4.78, 5) is 0. The van der Waals surface area contributed by atoms with Crippen molar-refractivity contribution in [3.8, 4) is 17.3 Å². The summed E-state index contributed by atoms with van der Waals surface area (Å²) in [5.74, 6) is 1.42. The number of para-hydroxylation sites is 2. The maximum absolute atomic E-state index is 5.80. The van der Waals surface area contributed by atoms with Gasteiger partial charge >= 0.3 is 0 Å². The van der Waals surface area contributed by atoms with Gasteiger partial charge in [0.25, 0.3) is 0 Å². The Morgan fingerprint density at radius 1 is 1.21 bits per heavy atom. The lowest BCUT2D eigenvalue weighted by molar-refractivity contribution is 0.373. The Balaban J connectivity index is 2.64. The number of aromatic nitrogens is 2. The van der Waals surface area contributed by atoms with Gasteiger partial charge in [-0.2, -0.15) is 9.78 Å². The summed E-state index contributed by atoms with van der Waals surface area (Å²) < 4.78 is 12.6. The van der Waals surface area contributed by atoms with E-state index in [4.69, 9.17) is 15.2 Å². The van der Waals surface area contributed by atoms with E-state index in [1.807, 2.05) is 31.2 Å². The van der Waals surface area contributed by atoms with Crippen molar-refractivity contribution < 1.29 is 9.47 Å². The molecule has 0 atom stereocenters. The zero-order valence-electron chi connectivity index (χ0n) is 11.5. The van der Waals surface area contributed by atoms with Gasteiger partial charge in [-0.05, 0) is 18.6 Å². The third kappa shape index (κ3) is 2.29. The predicted octanol–water partition coefficient (Wildman–Crippen LogP) is 1.91. The normalized spacial score (nSPS) is 10.5. The molecule has 1 heterocycles. The fraction of sp³-hybridized carbons (Fsp3) is 0.357. The van der Waals surface area contributed by atoms with Gasteiger partial charge in [-0.15, -0.1) is 0 Å².